The number of para-hydroxylation sites is 3. The minimum Gasteiger partial charge on any atom is -0.366 e. The predicted octanol–water partition coefficient (Wildman–Crippen LogP) is 3.25. The zero-order valence-electron chi connectivity index (χ0n) is 13.4. The highest BCUT2D eigenvalue weighted by Crippen LogP contribution is 2.24. The number of nitro benzene ring substituents is 1. The van der Waals surface area contributed by atoms with Gasteiger partial charge in [-0.15, -0.1) is 0 Å². The monoisotopic (exact) mass is 360 g/mol. The average Bonchev–Trinajstić information content (AvgIpc) is 2.62. The lowest BCUT2D eigenvalue weighted by atomic mass is 10.2. The maximum atomic E-state index is 13.9. The van der Waals surface area contributed by atoms with E-state index in [1.807, 2.05) is 15.9 Å². The number of nitrogens with zero attached hydrogens (tertiary/aromatic N) is 3. The van der Waals surface area contributed by atoms with Gasteiger partial charge in [0.15, 0.2) is 5.11 Å². The number of hydrogen-bond donors (Lipinski definition) is 1. The molecule has 6 nitrogen and oxygen atoms in total. The van der Waals surface area contributed by atoms with Crippen LogP contribution in [0.5, 0.6) is 0 Å². The molecule has 8 heteroatoms. The van der Waals surface area contributed by atoms with Crippen LogP contribution >= 0.6 is 12.2 Å². The number of rotatable bonds is 3. The summed E-state index contributed by atoms with van der Waals surface area (Å²) >= 11 is 5.38. The maximum absolute atomic E-state index is 13.9. The molecule has 1 aliphatic heterocycles. The van der Waals surface area contributed by atoms with Gasteiger partial charge in [0.05, 0.1) is 10.6 Å². The number of benzene rings is 2. The zero-order chi connectivity index (χ0) is 17.8. The van der Waals surface area contributed by atoms with Gasteiger partial charge in [-0.3, -0.25) is 10.1 Å². The van der Waals surface area contributed by atoms with Crippen LogP contribution in [-0.4, -0.2) is 41.1 Å². The SMILES string of the molecule is O=[N+]([O-])c1ccccc1NC(=S)N1CCN(c2ccccc2F)CC1. The summed E-state index contributed by atoms with van der Waals surface area (Å²) in [6.07, 6.45) is 0. The minimum atomic E-state index is -0.443. The lowest BCUT2D eigenvalue weighted by Crippen LogP contribution is -2.50. The van der Waals surface area contributed by atoms with Crippen molar-refractivity contribution in [2.75, 3.05) is 36.4 Å². The minimum absolute atomic E-state index is 0.0187. The Bertz CT molecular complexity index is 794. The number of nitro groups is 1. The normalized spacial score (nSPS) is 14.3. The summed E-state index contributed by atoms with van der Waals surface area (Å²) in [7, 11) is 0. The van der Waals surface area contributed by atoms with Crippen molar-refractivity contribution >= 4 is 34.4 Å². The van der Waals surface area contributed by atoms with Gasteiger partial charge in [-0.05, 0) is 30.4 Å². The highest BCUT2D eigenvalue weighted by Gasteiger charge is 2.22. The van der Waals surface area contributed by atoms with E-state index in [-0.39, 0.29) is 11.5 Å². The van der Waals surface area contributed by atoms with Crippen molar-refractivity contribution in [3.8, 4) is 0 Å². The van der Waals surface area contributed by atoms with Gasteiger partial charge in [0.25, 0.3) is 5.69 Å². The van der Waals surface area contributed by atoms with Crippen molar-refractivity contribution in [1.82, 2.24) is 4.90 Å². The molecule has 3 rings (SSSR count). The van der Waals surface area contributed by atoms with E-state index in [2.05, 4.69) is 5.32 Å². The molecule has 1 N–H and O–H groups in total. The Kier molecular flexibility index (Phi) is 5.08. The molecule has 0 bridgehead atoms. The molecule has 2 aromatic carbocycles. The summed E-state index contributed by atoms with van der Waals surface area (Å²) < 4.78 is 13.9. The molecule has 0 atom stereocenters. The van der Waals surface area contributed by atoms with E-state index in [9.17, 15) is 14.5 Å². The Labute approximate surface area is 150 Å². The van der Waals surface area contributed by atoms with Crippen molar-refractivity contribution in [2.45, 2.75) is 0 Å². The van der Waals surface area contributed by atoms with Crippen LogP contribution in [0.25, 0.3) is 0 Å². The molecule has 130 valence electrons. The van der Waals surface area contributed by atoms with E-state index in [0.29, 0.717) is 42.7 Å². The fourth-order valence-corrected chi connectivity index (χ4v) is 3.08. The molecule has 1 aliphatic rings. The van der Waals surface area contributed by atoms with Crippen LogP contribution in [0.1, 0.15) is 0 Å². The second-order valence-corrected chi connectivity index (χ2v) is 6.02. The van der Waals surface area contributed by atoms with Gasteiger partial charge in [0.1, 0.15) is 11.5 Å². The predicted molar refractivity (Wildman–Crippen MR) is 99.5 cm³/mol. The maximum Gasteiger partial charge on any atom is 0.292 e. The molecular formula is C17H17FN4O2S. The highest BCUT2D eigenvalue weighted by molar-refractivity contribution is 7.80. The van der Waals surface area contributed by atoms with Gasteiger partial charge < -0.3 is 15.1 Å². The third-order valence-corrected chi connectivity index (χ3v) is 4.46. The smallest absolute Gasteiger partial charge is 0.292 e. The molecule has 0 aliphatic carbocycles. The summed E-state index contributed by atoms with van der Waals surface area (Å²) in [5, 5.41) is 14.5. The molecule has 1 saturated heterocycles. The van der Waals surface area contributed by atoms with Crippen molar-refractivity contribution in [3.63, 3.8) is 0 Å². The molecule has 25 heavy (non-hydrogen) atoms. The molecule has 2 aromatic rings. The van der Waals surface area contributed by atoms with Gasteiger partial charge in [0, 0.05) is 32.2 Å². The topological polar surface area (TPSA) is 61.7 Å². The van der Waals surface area contributed by atoms with E-state index in [0.717, 1.165) is 0 Å². The molecule has 1 heterocycles. The Balaban J connectivity index is 1.63. The average molecular weight is 360 g/mol. The first-order valence-electron chi connectivity index (χ1n) is 7.85. The van der Waals surface area contributed by atoms with Crippen molar-refractivity contribution < 1.29 is 9.31 Å². The third kappa shape index (κ3) is 3.85. The van der Waals surface area contributed by atoms with Crippen LogP contribution in [-0.2, 0) is 0 Å². The third-order valence-electron chi connectivity index (χ3n) is 4.10. The van der Waals surface area contributed by atoms with Gasteiger partial charge in [-0.1, -0.05) is 24.3 Å². The summed E-state index contributed by atoms with van der Waals surface area (Å²) in [5.41, 5.74) is 0.934. The summed E-state index contributed by atoms with van der Waals surface area (Å²) in [6, 6.07) is 13.1. The Morgan fingerprint density at radius 2 is 1.72 bits per heavy atom. The quantitative estimate of drug-likeness (QED) is 0.515. The number of anilines is 2. The summed E-state index contributed by atoms with van der Waals surface area (Å²) in [4.78, 5) is 14.5. The van der Waals surface area contributed by atoms with E-state index in [4.69, 9.17) is 12.2 Å². The molecule has 0 radical (unpaired) electrons. The van der Waals surface area contributed by atoms with E-state index in [1.54, 1.807) is 30.3 Å². The fraction of sp³-hybridized carbons (Fsp3) is 0.235. The van der Waals surface area contributed by atoms with Crippen LogP contribution in [0.4, 0.5) is 21.5 Å². The number of halogens is 1. The summed E-state index contributed by atoms with van der Waals surface area (Å²) in [5.74, 6) is -0.239. The lowest BCUT2D eigenvalue weighted by Gasteiger charge is -2.37. The molecule has 0 aromatic heterocycles. The largest absolute Gasteiger partial charge is 0.366 e. The fourth-order valence-electron chi connectivity index (χ4n) is 2.79. The first-order valence-corrected chi connectivity index (χ1v) is 8.26. The van der Waals surface area contributed by atoms with Crippen LogP contribution in [0.15, 0.2) is 48.5 Å². The van der Waals surface area contributed by atoms with Crippen molar-refractivity contribution in [1.29, 1.82) is 0 Å². The second-order valence-electron chi connectivity index (χ2n) is 5.63. The Hall–Kier alpha value is -2.74. The van der Waals surface area contributed by atoms with Crippen LogP contribution < -0.4 is 10.2 Å². The lowest BCUT2D eigenvalue weighted by molar-refractivity contribution is -0.383. The van der Waals surface area contributed by atoms with Crippen molar-refractivity contribution in [3.05, 3.63) is 64.5 Å². The summed E-state index contributed by atoms with van der Waals surface area (Å²) in [6.45, 7) is 2.47. The zero-order valence-corrected chi connectivity index (χ0v) is 14.2. The number of nitrogens with one attached hydrogen (secondary N) is 1. The molecule has 0 spiro atoms. The highest BCUT2D eigenvalue weighted by atomic mass is 32.1. The van der Waals surface area contributed by atoms with Crippen molar-refractivity contribution in [2.24, 2.45) is 0 Å². The second kappa shape index (κ2) is 7.43. The number of thiocarbonyl (C=S) groups is 1. The van der Waals surface area contributed by atoms with Gasteiger partial charge in [0.2, 0.25) is 0 Å². The van der Waals surface area contributed by atoms with Gasteiger partial charge >= 0.3 is 0 Å². The first kappa shape index (κ1) is 17.1. The molecule has 1 fully saturated rings. The molecule has 0 amide bonds. The van der Waals surface area contributed by atoms with Crippen LogP contribution in [0.2, 0.25) is 0 Å². The molecular weight excluding hydrogens is 343 g/mol. The Morgan fingerprint density at radius 3 is 2.40 bits per heavy atom. The van der Waals surface area contributed by atoms with E-state index in [1.165, 1.54) is 12.1 Å². The van der Waals surface area contributed by atoms with Gasteiger partial charge in [-0.25, -0.2) is 4.39 Å². The van der Waals surface area contributed by atoms with Crippen LogP contribution in [0, 0.1) is 15.9 Å². The molecule has 0 unspecified atom stereocenters. The van der Waals surface area contributed by atoms with Gasteiger partial charge in [-0.2, -0.15) is 0 Å². The molecule has 0 saturated carbocycles. The number of hydrogen-bond acceptors (Lipinski definition) is 4. The number of piperazine rings is 1. The van der Waals surface area contributed by atoms with Crippen LogP contribution in [0.3, 0.4) is 0 Å². The standard InChI is InChI=1S/C17H17FN4O2S/c18-13-5-1-3-7-15(13)20-9-11-21(12-10-20)17(25)19-14-6-2-4-8-16(14)22(23)24/h1-8H,9-12H2,(H,19,25). The van der Waals surface area contributed by atoms with E-state index >= 15 is 0 Å². The Morgan fingerprint density at radius 1 is 1.08 bits per heavy atom. The van der Waals surface area contributed by atoms with E-state index < -0.39 is 4.92 Å². The first-order chi connectivity index (χ1) is 12.1.